The first-order valence-corrected chi connectivity index (χ1v) is 13.5. The lowest BCUT2D eigenvalue weighted by molar-refractivity contribution is 0.0956. The number of carbonyl (C=O) groups is 2. The molecule has 5 rings (SSSR count). The van der Waals surface area contributed by atoms with Crippen molar-refractivity contribution >= 4 is 79.2 Å². The van der Waals surface area contributed by atoms with Crippen molar-refractivity contribution in [2.45, 2.75) is 11.8 Å². The molecule has 0 saturated carbocycles. The molecule has 5 nitrogen and oxygen atoms in total. The third-order valence-electron chi connectivity index (χ3n) is 5.75. The summed E-state index contributed by atoms with van der Waals surface area (Å²) in [4.78, 5) is 27.5. The maximum absolute atomic E-state index is 15.5. The quantitative estimate of drug-likeness (QED) is 0.162. The minimum atomic E-state index is -1.15. The Kier molecular flexibility index (Phi) is 7.50. The van der Waals surface area contributed by atoms with Gasteiger partial charge in [-0.1, -0.05) is 29.3 Å². The molecule has 39 heavy (non-hydrogen) atoms. The van der Waals surface area contributed by atoms with Crippen molar-refractivity contribution in [2.24, 2.45) is 0 Å². The van der Waals surface area contributed by atoms with Crippen molar-refractivity contribution in [3.63, 3.8) is 0 Å². The number of hydrogen-bond donors (Lipinski definition) is 1. The molecule has 0 spiro atoms. The van der Waals surface area contributed by atoms with Crippen LogP contribution in [0, 0.1) is 24.4 Å². The van der Waals surface area contributed by atoms with E-state index in [0.717, 1.165) is 40.4 Å². The van der Waals surface area contributed by atoms with E-state index in [1.807, 2.05) is 0 Å². The van der Waals surface area contributed by atoms with Gasteiger partial charge in [0.2, 0.25) is 5.78 Å². The number of fused-ring (bicyclic) bond motifs is 1. The Balaban J connectivity index is 1.57. The van der Waals surface area contributed by atoms with Crippen LogP contribution in [-0.4, -0.2) is 20.9 Å². The Morgan fingerprint density at radius 2 is 1.74 bits per heavy atom. The van der Waals surface area contributed by atoms with Gasteiger partial charge in [-0.25, -0.2) is 18.0 Å². The largest absolute Gasteiger partial charge is 0.392 e. The van der Waals surface area contributed by atoms with Crippen LogP contribution >= 0.6 is 51.1 Å². The van der Waals surface area contributed by atoms with Gasteiger partial charge in [-0.15, -0.1) is 4.57 Å². The molecule has 0 unspecified atom stereocenters. The Morgan fingerprint density at radius 1 is 1.03 bits per heavy atom. The SMILES string of the molecule is Cc1cc(Cl)c(C(=O)n2cc(C(=O)c3c(F)ccc(NSc4cccc(F)c4)c3F)c3c2=[N+]=C(Br)C=3)c(Cl)c1. The van der Waals surface area contributed by atoms with Gasteiger partial charge in [-0.2, -0.15) is 4.67 Å². The fraction of sp³-hybridized carbons (Fsp3) is 0.0370. The Labute approximate surface area is 241 Å². The molecule has 196 valence electrons. The molecule has 12 heteroatoms. The summed E-state index contributed by atoms with van der Waals surface area (Å²) >= 11 is 16.7. The van der Waals surface area contributed by atoms with Gasteiger partial charge in [0, 0.05) is 26.9 Å². The van der Waals surface area contributed by atoms with Gasteiger partial charge in [0.25, 0.3) is 4.62 Å². The highest BCUT2D eigenvalue weighted by atomic mass is 79.9. The van der Waals surface area contributed by atoms with Crippen molar-refractivity contribution in [1.82, 2.24) is 9.24 Å². The van der Waals surface area contributed by atoms with Crippen molar-refractivity contribution in [3.05, 3.63) is 115 Å². The molecule has 4 aromatic rings. The molecule has 0 radical (unpaired) electrons. The zero-order valence-corrected chi connectivity index (χ0v) is 23.6. The van der Waals surface area contributed by atoms with Gasteiger partial charge in [0.1, 0.15) is 28.6 Å². The molecular formula is C27H14BrCl2F3N3O2S+. The van der Waals surface area contributed by atoms with Gasteiger partial charge in [0.05, 0.1) is 26.9 Å². The third-order valence-corrected chi connectivity index (χ3v) is 7.56. The van der Waals surface area contributed by atoms with Crippen LogP contribution in [0.5, 0.6) is 0 Å². The first kappa shape index (κ1) is 27.3. The molecule has 1 N–H and O–H groups in total. The van der Waals surface area contributed by atoms with Crippen molar-refractivity contribution in [2.75, 3.05) is 4.72 Å². The lowest BCUT2D eigenvalue weighted by atomic mass is 10.0. The molecule has 0 saturated heterocycles. The van der Waals surface area contributed by atoms with Crippen LogP contribution < -0.4 is 20.1 Å². The van der Waals surface area contributed by atoms with Crippen molar-refractivity contribution < 1.29 is 22.8 Å². The molecule has 0 bridgehead atoms. The Bertz CT molecular complexity index is 1860. The summed E-state index contributed by atoms with van der Waals surface area (Å²) < 4.78 is 52.1. The molecule has 1 aliphatic rings. The lowest BCUT2D eigenvalue weighted by Gasteiger charge is -2.10. The van der Waals surface area contributed by atoms with Crippen LogP contribution in [0.2, 0.25) is 10.0 Å². The second-order valence-electron chi connectivity index (χ2n) is 8.41. The highest BCUT2D eigenvalue weighted by molar-refractivity contribution is 9.18. The first-order valence-electron chi connectivity index (χ1n) is 11.1. The van der Waals surface area contributed by atoms with Crippen LogP contribution in [0.25, 0.3) is 6.08 Å². The van der Waals surface area contributed by atoms with Crippen LogP contribution in [0.1, 0.15) is 31.8 Å². The van der Waals surface area contributed by atoms with Gasteiger partial charge in [-0.3, -0.25) is 4.79 Å². The van der Waals surface area contributed by atoms with E-state index in [1.54, 1.807) is 25.1 Å². The average molecular weight is 652 g/mol. The number of rotatable bonds is 6. The van der Waals surface area contributed by atoms with Crippen LogP contribution in [-0.2, 0) is 0 Å². The molecule has 0 fully saturated rings. The topological polar surface area (TPSA) is 65.2 Å². The zero-order valence-electron chi connectivity index (χ0n) is 19.7. The molecule has 0 amide bonds. The van der Waals surface area contributed by atoms with Crippen LogP contribution in [0.3, 0.4) is 0 Å². The summed E-state index contributed by atoms with van der Waals surface area (Å²) in [6.45, 7) is 1.76. The fourth-order valence-electron chi connectivity index (χ4n) is 4.00. The van der Waals surface area contributed by atoms with E-state index in [-0.39, 0.29) is 37.6 Å². The summed E-state index contributed by atoms with van der Waals surface area (Å²) in [7, 11) is 0. The lowest BCUT2D eigenvalue weighted by Crippen LogP contribution is -2.35. The van der Waals surface area contributed by atoms with E-state index in [9.17, 15) is 18.4 Å². The Morgan fingerprint density at radius 3 is 2.44 bits per heavy atom. The number of aryl methyl sites for hydroxylation is 1. The third kappa shape index (κ3) is 5.18. The predicted molar refractivity (Wildman–Crippen MR) is 150 cm³/mol. The molecule has 0 aliphatic carbocycles. The predicted octanol–water partition coefficient (Wildman–Crippen LogP) is 5.83. The minimum Gasteiger partial charge on any atom is -0.323 e. The van der Waals surface area contributed by atoms with E-state index in [1.165, 1.54) is 24.3 Å². The summed E-state index contributed by atoms with van der Waals surface area (Å²) in [5.41, 5.74) is -0.407. The molecule has 3 aromatic carbocycles. The summed E-state index contributed by atoms with van der Waals surface area (Å²) in [5, 5.41) is 0.375. The maximum atomic E-state index is 15.5. The normalized spacial score (nSPS) is 11.9. The fourth-order valence-corrected chi connectivity index (χ4v) is 5.86. The van der Waals surface area contributed by atoms with E-state index in [0.29, 0.717) is 9.52 Å². The second-order valence-corrected chi connectivity index (χ2v) is 10.9. The van der Waals surface area contributed by atoms with Gasteiger partial charge in [0.15, 0.2) is 5.82 Å². The van der Waals surface area contributed by atoms with E-state index >= 15 is 4.39 Å². The van der Waals surface area contributed by atoms with Gasteiger partial charge in [-0.05, 0) is 66.9 Å². The van der Waals surface area contributed by atoms with Gasteiger partial charge < -0.3 is 4.72 Å². The highest BCUT2D eigenvalue weighted by Gasteiger charge is 2.33. The monoisotopic (exact) mass is 650 g/mol. The second kappa shape index (κ2) is 10.7. The Hall–Kier alpha value is -3.27. The van der Waals surface area contributed by atoms with Crippen LogP contribution in [0.4, 0.5) is 18.9 Å². The summed E-state index contributed by atoms with van der Waals surface area (Å²) in [6.07, 6.45) is 2.62. The van der Waals surface area contributed by atoms with E-state index in [2.05, 4.69) is 25.3 Å². The van der Waals surface area contributed by atoms with Crippen molar-refractivity contribution in [1.29, 1.82) is 0 Å². The minimum absolute atomic E-state index is 0.0168. The first-order chi connectivity index (χ1) is 18.5. The smallest absolute Gasteiger partial charge is 0.323 e. The number of aromatic nitrogens is 1. The molecule has 1 aromatic heterocycles. The number of anilines is 1. The van der Waals surface area contributed by atoms with Crippen molar-refractivity contribution in [3.8, 4) is 0 Å². The number of carbonyl (C=O) groups excluding carboxylic acids is 2. The number of nitrogens with one attached hydrogen (secondary N) is 1. The molecule has 2 heterocycles. The van der Waals surface area contributed by atoms with Crippen LogP contribution in [0.15, 0.2) is 59.6 Å². The summed E-state index contributed by atoms with van der Waals surface area (Å²) in [6, 6.07) is 10.8. The van der Waals surface area contributed by atoms with E-state index in [4.69, 9.17) is 23.2 Å². The number of ketones is 1. The average Bonchev–Trinajstić information content (AvgIpc) is 3.40. The number of nitrogens with zero attached hydrogens (tertiary/aromatic N) is 2. The zero-order chi connectivity index (χ0) is 28.0. The molecule has 0 atom stereocenters. The molecule has 1 aliphatic heterocycles. The standard InChI is InChI=1S/C27H14BrCl2F3N3O2S/c1-12-7-17(29)22(18(30)8-12)27(38)36-11-16(15-10-21(28)34-26(15)36)25(37)23-19(32)5-6-20(24(23)33)35-39-14-4-2-3-13(31)9-14/h2-11,35H,1H3/q+1. The summed E-state index contributed by atoms with van der Waals surface area (Å²) in [5.74, 6) is -4.43. The number of halogens is 6. The van der Waals surface area contributed by atoms with E-state index < -0.39 is 34.7 Å². The highest BCUT2D eigenvalue weighted by Crippen LogP contribution is 2.29. The number of benzene rings is 3. The molecular weight excluding hydrogens is 638 g/mol. The maximum Gasteiger partial charge on any atom is 0.392 e. The van der Waals surface area contributed by atoms with Gasteiger partial charge >= 0.3 is 11.4 Å². The number of hydrogen-bond acceptors (Lipinski definition) is 4.